The van der Waals surface area contributed by atoms with Crippen LogP contribution in [-0.4, -0.2) is 47.9 Å². The number of hydrogen-bond donors (Lipinski definition) is 2. The van der Waals surface area contributed by atoms with Crippen LogP contribution in [0.3, 0.4) is 0 Å². The van der Waals surface area contributed by atoms with Crippen LogP contribution < -0.4 is 10.0 Å². The summed E-state index contributed by atoms with van der Waals surface area (Å²) in [6.45, 7) is 4.65. The van der Waals surface area contributed by atoms with Crippen molar-refractivity contribution in [1.29, 1.82) is 0 Å². The number of rotatable bonds is 9. The summed E-state index contributed by atoms with van der Waals surface area (Å²) in [6.07, 6.45) is -0.0546. The highest BCUT2D eigenvalue weighted by Crippen LogP contribution is 2.14. The molecule has 1 rings (SSSR count). The van der Waals surface area contributed by atoms with E-state index in [9.17, 15) is 8.42 Å². The molecule has 0 aliphatic heterocycles. The van der Waals surface area contributed by atoms with Gasteiger partial charge >= 0.3 is 0 Å². The second kappa shape index (κ2) is 8.33. The van der Waals surface area contributed by atoms with Crippen LogP contribution in [0.4, 0.5) is 5.69 Å². The van der Waals surface area contributed by atoms with Gasteiger partial charge in [0.15, 0.2) is 0 Å². The average Bonchev–Trinajstić information content (AvgIpc) is 2.42. The second-order valence-electron chi connectivity index (χ2n) is 4.99. The Balaban J connectivity index is 2.66. The number of benzene rings is 1. The maximum Gasteiger partial charge on any atom is 0.240 e. The SMILES string of the molecule is COCC(CNc1ccc(S(=O)(=O)NC(C)C)cc1)OC. The molecule has 0 aromatic heterocycles. The lowest BCUT2D eigenvalue weighted by atomic mass is 10.3. The minimum Gasteiger partial charge on any atom is -0.382 e. The Morgan fingerprint density at radius 2 is 1.76 bits per heavy atom. The van der Waals surface area contributed by atoms with Crippen molar-refractivity contribution in [2.24, 2.45) is 0 Å². The van der Waals surface area contributed by atoms with Crippen LogP contribution in [0.25, 0.3) is 0 Å². The molecule has 6 nitrogen and oxygen atoms in total. The molecule has 0 saturated carbocycles. The van der Waals surface area contributed by atoms with Gasteiger partial charge in [0.05, 0.1) is 17.6 Å². The van der Waals surface area contributed by atoms with E-state index in [-0.39, 0.29) is 17.0 Å². The highest BCUT2D eigenvalue weighted by molar-refractivity contribution is 7.89. The van der Waals surface area contributed by atoms with E-state index in [0.717, 1.165) is 5.69 Å². The maximum absolute atomic E-state index is 12.0. The zero-order valence-electron chi connectivity index (χ0n) is 12.9. The van der Waals surface area contributed by atoms with E-state index in [1.165, 1.54) is 0 Å². The summed E-state index contributed by atoms with van der Waals surface area (Å²) in [5.74, 6) is 0. The number of ether oxygens (including phenoxy) is 2. The molecule has 0 amide bonds. The van der Waals surface area contributed by atoms with E-state index in [2.05, 4.69) is 10.0 Å². The first-order valence-electron chi connectivity index (χ1n) is 6.77. The van der Waals surface area contributed by atoms with Crippen molar-refractivity contribution < 1.29 is 17.9 Å². The quantitative estimate of drug-likeness (QED) is 0.721. The van der Waals surface area contributed by atoms with Crippen molar-refractivity contribution in [2.75, 3.05) is 32.7 Å². The molecule has 0 aliphatic rings. The van der Waals surface area contributed by atoms with E-state index in [1.54, 1.807) is 52.3 Å². The monoisotopic (exact) mass is 316 g/mol. The first-order chi connectivity index (χ1) is 9.89. The molecular weight excluding hydrogens is 292 g/mol. The molecule has 21 heavy (non-hydrogen) atoms. The van der Waals surface area contributed by atoms with E-state index < -0.39 is 10.0 Å². The van der Waals surface area contributed by atoms with Crippen molar-refractivity contribution in [2.45, 2.75) is 30.9 Å². The van der Waals surface area contributed by atoms with Crippen molar-refractivity contribution in [3.63, 3.8) is 0 Å². The normalized spacial score (nSPS) is 13.4. The third-order valence-corrected chi connectivity index (χ3v) is 4.45. The molecule has 2 N–H and O–H groups in total. The molecule has 1 aromatic carbocycles. The summed E-state index contributed by atoms with van der Waals surface area (Å²) in [5, 5.41) is 3.18. The highest BCUT2D eigenvalue weighted by Gasteiger charge is 2.15. The number of methoxy groups -OCH3 is 2. The molecule has 1 atom stereocenters. The number of anilines is 1. The van der Waals surface area contributed by atoms with Gasteiger partial charge in [-0.1, -0.05) is 0 Å². The van der Waals surface area contributed by atoms with E-state index in [1.807, 2.05) is 0 Å². The van der Waals surface area contributed by atoms with Crippen LogP contribution in [0.1, 0.15) is 13.8 Å². The van der Waals surface area contributed by atoms with Gasteiger partial charge in [0.1, 0.15) is 0 Å². The van der Waals surface area contributed by atoms with Crippen LogP contribution in [0.15, 0.2) is 29.2 Å². The Hall–Kier alpha value is -1.15. The Morgan fingerprint density at radius 1 is 1.14 bits per heavy atom. The van der Waals surface area contributed by atoms with Gasteiger partial charge in [-0.05, 0) is 38.1 Å². The minimum absolute atomic E-state index is 0.0546. The highest BCUT2D eigenvalue weighted by atomic mass is 32.2. The first kappa shape index (κ1) is 17.9. The number of sulfonamides is 1. The largest absolute Gasteiger partial charge is 0.382 e. The van der Waals surface area contributed by atoms with Crippen molar-refractivity contribution >= 4 is 15.7 Å². The number of hydrogen-bond acceptors (Lipinski definition) is 5. The molecule has 0 aliphatic carbocycles. The summed E-state index contributed by atoms with van der Waals surface area (Å²) in [7, 11) is -0.201. The standard InChI is InChI=1S/C14H24N2O4S/c1-11(2)16-21(17,18)14-7-5-12(6-8-14)15-9-13(20-4)10-19-3/h5-8,11,13,15-16H,9-10H2,1-4H3. The summed E-state index contributed by atoms with van der Waals surface area (Å²) >= 11 is 0. The van der Waals surface area contributed by atoms with E-state index >= 15 is 0 Å². The van der Waals surface area contributed by atoms with Gasteiger partial charge in [-0.15, -0.1) is 0 Å². The Kier molecular flexibility index (Phi) is 7.10. The molecule has 0 fully saturated rings. The summed E-state index contributed by atoms with van der Waals surface area (Å²) in [4.78, 5) is 0.252. The zero-order chi connectivity index (χ0) is 15.9. The van der Waals surface area contributed by atoms with Gasteiger partial charge in [-0.3, -0.25) is 0 Å². The molecule has 1 aromatic rings. The first-order valence-corrected chi connectivity index (χ1v) is 8.25. The van der Waals surface area contributed by atoms with Gasteiger partial charge in [0.2, 0.25) is 10.0 Å². The zero-order valence-corrected chi connectivity index (χ0v) is 13.7. The van der Waals surface area contributed by atoms with Gasteiger partial charge in [-0.25, -0.2) is 13.1 Å². The fraction of sp³-hybridized carbons (Fsp3) is 0.571. The third kappa shape index (κ3) is 6.01. The van der Waals surface area contributed by atoms with Crippen LogP contribution in [0.2, 0.25) is 0 Å². The van der Waals surface area contributed by atoms with Crippen LogP contribution in [-0.2, 0) is 19.5 Å². The van der Waals surface area contributed by atoms with Gasteiger partial charge in [-0.2, -0.15) is 0 Å². The molecule has 120 valence electrons. The molecule has 0 bridgehead atoms. The fourth-order valence-electron chi connectivity index (χ4n) is 1.76. The predicted octanol–water partition coefficient (Wildman–Crippen LogP) is 1.45. The molecular formula is C14H24N2O4S. The Morgan fingerprint density at radius 3 is 2.24 bits per heavy atom. The molecule has 0 spiro atoms. The molecule has 0 heterocycles. The number of nitrogens with one attached hydrogen (secondary N) is 2. The summed E-state index contributed by atoms with van der Waals surface area (Å²) in [5.41, 5.74) is 0.830. The van der Waals surface area contributed by atoms with Gasteiger partial charge in [0.25, 0.3) is 0 Å². The Bertz CT molecular complexity index is 514. The van der Waals surface area contributed by atoms with Crippen molar-refractivity contribution in [3.8, 4) is 0 Å². The molecule has 7 heteroatoms. The lowest BCUT2D eigenvalue weighted by molar-refractivity contribution is 0.0365. The van der Waals surface area contributed by atoms with Crippen LogP contribution in [0.5, 0.6) is 0 Å². The van der Waals surface area contributed by atoms with E-state index in [0.29, 0.717) is 13.2 Å². The molecule has 0 radical (unpaired) electrons. The van der Waals surface area contributed by atoms with E-state index in [4.69, 9.17) is 9.47 Å². The second-order valence-corrected chi connectivity index (χ2v) is 6.71. The topological polar surface area (TPSA) is 76.7 Å². The molecule has 1 unspecified atom stereocenters. The van der Waals surface area contributed by atoms with Crippen LogP contribution in [0, 0.1) is 0 Å². The van der Waals surface area contributed by atoms with Crippen molar-refractivity contribution in [1.82, 2.24) is 4.72 Å². The van der Waals surface area contributed by atoms with Crippen molar-refractivity contribution in [3.05, 3.63) is 24.3 Å². The maximum atomic E-state index is 12.0. The van der Waals surface area contributed by atoms with Crippen LogP contribution >= 0.6 is 0 Å². The van der Waals surface area contributed by atoms with Gasteiger partial charge in [0, 0.05) is 32.5 Å². The fourth-order valence-corrected chi connectivity index (χ4v) is 3.01. The molecule has 0 saturated heterocycles. The Labute approximate surface area is 126 Å². The lowest BCUT2D eigenvalue weighted by Gasteiger charge is -2.16. The lowest BCUT2D eigenvalue weighted by Crippen LogP contribution is -2.30. The third-order valence-electron chi connectivity index (χ3n) is 2.78. The summed E-state index contributed by atoms with van der Waals surface area (Å²) in [6, 6.07) is 6.48. The smallest absolute Gasteiger partial charge is 0.240 e. The van der Waals surface area contributed by atoms with Gasteiger partial charge < -0.3 is 14.8 Å². The average molecular weight is 316 g/mol. The predicted molar refractivity (Wildman–Crippen MR) is 83.1 cm³/mol. The summed E-state index contributed by atoms with van der Waals surface area (Å²) < 4.78 is 36.8. The minimum atomic E-state index is -3.44.